The Bertz CT molecular complexity index is 750. The summed E-state index contributed by atoms with van der Waals surface area (Å²) in [6, 6.07) is 15.3. The summed E-state index contributed by atoms with van der Waals surface area (Å²) in [7, 11) is 0. The van der Waals surface area contributed by atoms with Crippen molar-refractivity contribution in [2.75, 3.05) is 0 Å². The molecule has 0 aliphatic carbocycles. The number of nitrogens with one attached hydrogen (secondary N) is 1. The summed E-state index contributed by atoms with van der Waals surface area (Å²) in [5, 5.41) is 7.40. The third-order valence-electron chi connectivity index (χ3n) is 3.03. The van der Waals surface area contributed by atoms with Gasteiger partial charge in [-0.1, -0.05) is 42.5 Å². The first-order valence-corrected chi connectivity index (χ1v) is 6.19. The molecule has 0 aliphatic heterocycles. The highest BCUT2D eigenvalue weighted by atomic mass is 16.5. The zero-order chi connectivity index (χ0) is 13.9. The maximum atomic E-state index is 11.3. The Kier molecular flexibility index (Phi) is 3.09. The van der Waals surface area contributed by atoms with Crippen LogP contribution in [-0.2, 0) is 6.61 Å². The predicted octanol–water partition coefficient (Wildman–Crippen LogP) is 2.24. The third kappa shape index (κ3) is 2.21. The minimum absolute atomic E-state index is 0.227. The molecule has 1 amide bonds. The molecule has 100 valence electrons. The Labute approximate surface area is 115 Å². The largest absolute Gasteiger partial charge is 0.487 e. The third-order valence-corrected chi connectivity index (χ3v) is 3.03. The number of carbonyl (C=O) groups is 1. The van der Waals surface area contributed by atoms with Gasteiger partial charge in [-0.2, -0.15) is 5.10 Å². The van der Waals surface area contributed by atoms with E-state index in [0.717, 1.165) is 5.56 Å². The van der Waals surface area contributed by atoms with Gasteiger partial charge in [0, 0.05) is 5.39 Å². The van der Waals surface area contributed by atoms with Crippen molar-refractivity contribution < 1.29 is 9.53 Å². The number of benzene rings is 2. The number of primary amides is 1. The van der Waals surface area contributed by atoms with Crippen LogP contribution in [0.4, 0.5) is 0 Å². The van der Waals surface area contributed by atoms with Gasteiger partial charge in [-0.25, -0.2) is 0 Å². The second-order valence-corrected chi connectivity index (χ2v) is 4.39. The molecule has 5 nitrogen and oxygen atoms in total. The molecule has 0 fully saturated rings. The molecule has 1 heterocycles. The molecule has 0 saturated carbocycles. The normalized spacial score (nSPS) is 10.6. The lowest BCUT2D eigenvalue weighted by atomic mass is 10.2. The first-order chi connectivity index (χ1) is 9.75. The number of hydrogen-bond acceptors (Lipinski definition) is 3. The van der Waals surface area contributed by atoms with Gasteiger partial charge >= 0.3 is 0 Å². The first-order valence-electron chi connectivity index (χ1n) is 6.19. The molecule has 0 aliphatic rings. The number of carbonyl (C=O) groups excluding carboxylic acids is 1. The van der Waals surface area contributed by atoms with Gasteiger partial charge in [-0.15, -0.1) is 0 Å². The summed E-state index contributed by atoms with van der Waals surface area (Å²) < 4.78 is 5.78. The molecule has 1 aromatic heterocycles. The number of ether oxygens (including phenoxy) is 1. The van der Waals surface area contributed by atoms with Gasteiger partial charge in [0.15, 0.2) is 5.69 Å². The average molecular weight is 267 g/mol. The molecule has 0 saturated heterocycles. The van der Waals surface area contributed by atoms with Crippen molar-refractivity contribution in [3.8, 4) is 5.75 Å². The number of nitrogens with two attached hydrogens (primary N) is 1. The average Bonchev–Trinajstić information content (AvgIpc) is 2.91. The minimum atomic E-state index is -0.559. The highest BCUT2D eigenvalue weighted by Crippen LogP contribution is 2.26. The number of nitrogens with zero attached hydrogens (tertiary/aromatic N) is 1. The smallest absolute Gasteiger partial charge is 0.269 e. The first kappa shape index (κ1) is 12.2. The van der Waals surface area contributed by atoms with Gasteiger partial charge in [0.05, 0.1) is 0 Å². The van der Waals surface area contributed by atoms with Gasteiger partial charge in [-0.05, 0) is 11.6 Å². The summed E-state index contributed by atoms with van der Waals surface area (Å²) in [6.45, 7) is 0.449. The molecule has 0 unspecified atom stereocenters. The van der Waals surface area contributed by atoms with E-state index in [9.17, 15) is 4.79 Å². The molecular weight excluding hydrogens is 254 g/mol. The number of H-pyrrole nitrogens is 1. The minimum Gasteiger partial charge on any atom is -0.487 e. The number of para-hydroxylation sites is 1. The zero-order valence-corrected chi connectivity index (χ0v) is 10.7. The van der Waals surface area contributed by atoms with E-state index in [4.69, 9.17) is 10.5 Å². The van der Waals surface area contributed by atoms with E-state index in [2.05, 4.69) is 10.2 Å². The Morgan fingerprint density at radius 1 is 1.15 bits per heavy atom. The van der Waals surface area contributed by atoms with Crippen molar-refractivity contribution in [3.63, 3.8) is 0 Å². The highest BCUT2D eigenvalue weighted by molar-refractivity contribution is 6.05. The fourth-order valence-electron chi connectivity index (χ4n) is 2.06. The number of amides is 1. The summed E-state index contributed by atoms with van der Waals surface area (Å²) in [5.74, 6) is 0.0859. The maximum Gasteiger partial charge on any atom is 0.269 e. The van der Waals surface area contributed by atoms with E-state index in [-0.39, 0.29) is 5.69 Å². The van der Waals surface area contributed by atoms with Crippen LogP contribution in [0.5, 0.6) is 5.75 Å². The molecule has 0 atom stereocenters. The molecule has 3 rings (SSSR count). The Hall–Kier alpha value is -2.82. The molecule has 0 bridgehead atoms. The molecule has 3 aromatic rings. The lowest BCUT2D eigenvalue weighted by Crippen LogP contribution is -2.11. The van der Waals surface area contributed by atoms with Crippen LogP contribution in [0.1, 0.15) is 16.1 Å². The van der Waals surface area contributed by atoms with E-state index < -0.39 is 5.91 Å². The van der Waals surface area contributed by atoms with Crippen molar-refractivity contribution in [3.05, 3.63) is 59.8 Å². The molecule has 0 spiro atoms. The van der Waals surface area contributed by atoms with E-state index in [1.165, 1.54) is 0 Å². The van der Waals surface area contributed by atoms with Crippen LogP contribution in [0.2, 0.25) is 0 Å². The van der Waals surface area contributed by atoms with E-state index in [1.807, 2.05) is 42.5 Å². The van der Waals surface area contributed by atoms with Crippen LogP contribution in [0.15, 0.2) is 48.5 Å². The number of aromatic amines is 1. The van der Waals surface area contributed by atoms with E-state index in [0.29, 0.717) is 23.3 Å². The van der Waals surface area contributed by atoms with Crippen molar-refractivity contribution >= 4 is 16.8 Å². The predicted molar refractivity (Wildman–Crippen MR) is 75.4 cm³/mol. The standard InChI is InChI=1S/C15H13N3O2/c16-15(19)14-11-7-4-8-12(13(11)17-18-14)20-9-10-5-2-1-3-6-10/h1-8H,9H2,(H2,16,19)(H,17,18). The number of fused-ring (bicyclic) bond motifs is 1. The molecule has 0 radical (unpaired) electrons. The van der Waals surface area contributed by atoms with Gasteiger partial charge in [0.1, 0.15) is 17.9 Å². The van der Waals surface area contributed by atoms with Crippen LogP contribution in [0.25, 0.3) is 10.9 Å². The van der Waals surface area contributed by atoms with Crippen LogP contribution in [-0.4, -0.2) is 16.1 Å². The summed E-state index contributed by atoms with van der Waals surface area (Å²) in [5.41, 5.74) is 7.25. The van der Waals surface area contributed by atoms with Crippen LogP contribution < -0.4 is 10.5 Å². The Balaban J connectivity index is 1.90. The Morgan fingerprint density at radius 3 is 2.70 bits per heavy atom. The summed E-state index contributed by atoms with van der Waals surface area (Å²) in [6.07, 6.45) is 0. The number of rotatable bonds is 4. The molecule has 3 N–H and O–H groups in total. The second kappa shape index (κ2) is 5.05. The number of hydrogen-bond donors (Lipinski definition) is 2. The fraction of sp³-hybridized carbons (Fsp3) is 0.0667. The van der Waals surface area contributed by atoms with Crippen molar-refractivity contribution in [1.82, 2.24) is 10.2 Å². The van der Waals surface area contributed by atoms with Crippen LogP contribution in [0.3, 0.4) is 0 Å². The Morgan fingerprint density at radius 2 is 1.95 bits per heavy atom. The fourth-order valence-corrected chi connectivity index (χ4v) is 2.06. The lowest BCUT2D eigenvalue weighted by molar-refractivity contribution is 0.0997. The lowest BCUT2D eigenvalue weighted by Gasteiger charge is -2.07. The highest BCUT2D eigenvalue weighted by Gasteiger charge is 2.13. The summed E-state index contributed by atoms with van der Waals surface area (Å²) in [4.78, 5) is 11.3. The monoisotopic (exact) mass is 267 g/mol. The van der Waals surface area contributed by atoms with Crippen molar-refractivity contribution in [2.45, 2.75) is 6.61 Å². The molecule has 20 heavy (non-hydrogen) atoms. The van der Waals surface area contributed by atoms with Crippen LogP contribution in [0, 0.1) is 0 Å². The number of aromatic nitrogens is 2. The van der Waals surface area contributed by atoms with Gasteiger partial charge in [0.25, 0.3) is 5.91 Å². The van der Waals surface area contributed by atoms with Gasteiger partial charge in [-0.3, -0.25) is 9.89 Å². The van der Waals surface area contributed by atoms with Crippen molar-refractivity contribution in [1.29, 1.82) is 0 Å². The van der Waals surface area contributed by atoms with E-state index in [1.54, 1.807) is 6.07 Å². The quantitative estimate of drug-likeness (QED) is 0.760. The molecule has 5 heteroatoms. The topological polar surface area (TPSA) is 81.0 Å². The van der Waals surface area contributed by atoms with Crippen molar-refractivity contribution in [2.24, 2.45) is 5.73 Å². The van der Waals surface area contributed by atoms with Crippen LogP contribution >= 0.6 is 0 Å². The maximum absolute atomic E-state index is 11.3. The SMILES string of the molecule is NC(=O)c1n[nH]c2c(OCc3ccccc3)cccc12. The van der Waals surface area contributed by atoms with Gasteiger partial charge < -0.3 is 10.5 Å². The zero-order valence-electron chi connectivity index (χ0n) is 10.7. The second-order valence-electron chi connectivity index (χ2n) is 4.39. The summed E-state index contributed by atoms with van der Waals surface area (Å²) >= 11 is 0. The molecule has 2 aromatic carbocycles. The van der Waals surface area contributed by atoms with Gasteiger partial charge in [0.2, 0.25) is 0 Å². The molecular formula is C15H13N3O2. The van der Waals surface area contributed by atoms with E-state index >= 15 is 0 Å².